The monoisotopic (exact) mass is 198 g/mol. The molecule has 0 aromatic rings. The van der Waals surface area contributed by atoms with Gasteiger partial charge in [-0.25, -0.2) is 0 Å². The first-order valence-electron chi connectivity index (χ1n) is 4.56. The van der Waals surface area contributed by atoms with Gasteiger partial charge in [0.15, 0.2) is 0 Å². The number of hydrogen-bond donors (Lipinski definition) is 0. The van der Waals surface area contributed by atoms with E-state index in [1.54, 1.807) is 0 Å². The fourth-order valence-corrected chi connectivity index (χ4v) is 6.55. The summed E-state index contributed by atoms with van der Waals surface area (Å²) in [6.07, 6.45) is 0. The number of allylic oxidation sites excluding steroid dienone is 1. The maximum Gasteiger partial charge on any atom is 0.0819 e. The van der Waals surface area contributed by atoms with E-state index >= 15 is 0 Å². The standard InChI is InChI=1S/C10H22Si2/c1-8-10(12(5,6)7)9-11(2,3)4/h1,9H2,2-7H3. The van der Waals surface area contributed by atoms with Gasteiger partial charge in [-0.3, -0.25) is 0 Å². The summed E-state index contributed by atoms with van der Waals surface area (Å²) in [6, 6.07) is 1.28. The molecule has 2 heteroatoms. The minimum absolute atomic E-state index is 0.956. The highest BCUT2D eigenvalue weighted by atomic mass is 28.3. The molecule has 0 bridgehead atoms. The molecule has 0 radical (unpaired) electrons. The third-order valence-corrected chi connectivity index (χ3v) is 5.76. The predicted octanol–water partition coefficient (Wildman–Crippen LogP) is 3.91. The van der Waals surface area contributed by atoms with Gasteiger partial charge in [0.05, 0.1) is 8.07 Å². The van der Waals surface area contributed by atoms with Crippen LogP contribution in [0.3, 0.4) is 0 Å². The van der Waals surface area contributed by atoms with Gasteiger partial charge in [-0.05, 0) is 11.2 Å². The normalized spacial score (nSPS) is 12.5. The second kappa shape index (κ2) is 3.78. The molecule has 0 fully saturated rings. The van der Waals surface area contributed by atoms with Crippen LogP contribution in [-0.2, 0) is 0 Å². The molecule has 0 aliphatic carbocycles. The van der Waals surface area contributed by atoms with Crippen molar-refractivity contribution >= 4 is 16.1 Å². The summed E-state index contributed by atoms with van der Waals surface area (Å²) in [6.45, 7) is 18.2. The summed E-state index contributed by atoms with van der Waals surface area (Å²) in [5, 5.41) is 1.53. The Kier molecular flexibility index (Phi) is 3.76. The Labute approximate surface area is 79.4 Å². The molecule has 0 heterocycles. The largest absolute Gasteiger partial charge is 0.134 e. The van der Waals surface area contributed by atoms with Gasteiger partial charge < -0.3 is 0 Å². The zero-order chi connectivity index (χ0) is 9.99. The second-order valence-corrected chi connectivity index (χ2v) is 16.2. The lowest BCUT2D eigenvalue weighted by atomic mass is 10.7. The Balaban J connectivity index is 4.55. The van der Waals surface area contributed by atoms with Crippen molar-refractivity contribution in [2.75, 3.05) is 0 Å². The lowest BCUT2D eigenvalue weighted by molar-refractivity contribution is 1.42. The zero-order valence-electron chi connectivity index (χ0n) is 9.41. The maximum atomic E-state index is 3.81. The van der Waals surface area contributed by atoms with Crippen molar-refractivity contribution in [1.29, 1.82) is 0 Å². The van der Waals surface area contributed by atoms with E-state index in [0.29, 0.717) is 0 Å². The highest BCUT2D eigenvalue weighted by molar-refractivity contribution is 6.87. The van der Waals surface area contributed by atoms with E-state index in [-0.39, 0.29) is 0 Å². The Bertz CT molecular complexity index is 197. The number of hydrogen-bond acceptors (Lipinski definition) is 0. The topological polar surface area (TPSA) is 0 Å². The van der Waals surface area contributed by atoms with Crippen LogP contribution < -0.4 is 0 Å². The van der Waals surface area contributed by atoms with Crippen molar-refractivity contribution in [2.24, 2.45) is 0 Å². The molecule has 70 valence electrons. The Hall–Kier alpha value is -0.0462. The van der Waals surface area contributed by atoms with Crippen LogP contribution in [0.4, 0.5) is 0 Å². The summed E-state index contributed by atoms with van der Waals surface area (Å²) in [7, 11) is -2.07. The third kappa shape index (κ3) is 4.76. The molecule has 0 N–H and O–H groups in total. The van der Waals surface area contributed by atoms with Gasteiger partial charge in [-0.2, -0.15) is 0 Å². The van der Waals surface area contributed by atoms with Crippen LogP contribution >= 0.6 is 0 Å². The quantitative estimate of drug-likeness (QED) is 0.476. The SMILES string of the molecule is C=C=C(C[Si](C)(C)C)[Si](C)(C)C. The van der Waals surface area contributed by atoms with Crippen LogP contribution in [0.5, 0.6) is 0 Å². The summed E-state index contributed by atoms with van der Waals surface area (Å²) in [5.41, 5.74) is 3.16. The van der Waals surface area contributed by atoms with E-state index in [9.17, 15) is 0 Å². The van der Waals surface area contributed by atoms with Gasteiger partial charge in [-0.15, -0.1) is 5.73 Å². The molecule has 0 saturated carbocycles. The minimum Gasteiger partial charge on any atom is -0.134 e. The first-order valence-corrected chi connectivity index (χ1v) is 11.8. The molecule has 0 saturated heterocycles. The van der Waals surface area contributed by atoms with Gasteiger partial charge >= 0.3 is 0 Å². The fraction of sp³-hybridized carbons (Fsp3) is 0.700. The molecular weight excluding hydrogens is 176 g/mol. The van der Waals surface area contributed by atoms with Gasteiger partial charge in [0.25, 0.3) is 0 Å². The molecule has 0 rings (SSSR count). The summed E-state index contributed by atoms with van der Waals surface area (Å²) in [5.74, 6) is 0. The molecule has 0 aliphatic rings. The van der Waals surface area contributed by atoms with Gasteiger partial charge in [-0.1, -0.05) is 45.9 Å². The molecule has 0 spiro atoms. The molecule has 0 amide bonds. The smallest absolute Gasteiger partial charge is 0.0819 e. The zero-order valence-corrected chi connectivity index (χ0v) is 11.4. The van der Waals surface area contributed by atoms with Crippen LogP contribution in [-0.4, -0.2) is 16.1 Å². The molecule has 0 aromatic carbocycles. The molecule has 12 heavy (non-hydrogen) atoms. The van der Waals surface area contributed by atoms with E-state index in [1.807, 2.05) is 0 Å². The summed E-state index contributed by atoms with van der Waals surface area (Å²) >= 11 is 0. The first kappa shape index (κ1) is 12.0. The van der Waals surface area contributed by atoms with Gasteiger partial charge in [0.2, 0.25) is 0 Å². The van der Waals surface area contributed by atoms with E-state index in [2.05, 4.69) is 51.6 Å². The van der Waals surface area contributed by atoms with Crippen molar-refractivity contribution in [3.05, 3.63) is 17.5 Å². The second-order valence-electron chi connectivity index (χ2n) is 5.64. The summed E-state index contributed by atoms with van der Waals surface area (Å²) < 4.78 is 0. The van der Waals surface area contributed by atoms with Crippen LogP contribution in [0.1, 0.15) is 0 Å². The molecule has 0 atom stereocenters. The van der Waals surface area contributed by atoms with Gasteiger partial charge in [0.1, 0.15) is 0 Å². The van der Waals surface area contributed by atoms with E-state index in [1.165, 1.54) is 11.2 Å². The van der Waals surface area contributed by atoms with Crippen molar-refractivity contribution in [3.8, 4) is 0 Å². The first-order chi connectivity index (χ1) is 5.17. The van der Waals surface area contributed by atoms with E-state index in [0.717, 1.165) is 0 Å². The third-order valence-electron chi connectivity index (χ3n) is 1.83. The highest BCUT2D eigenvalue weighted by Crippen LogP contribution is 2.23. The molecule has 0 nitrogen and oxygen atoms in total. The van der Waals surface area contributed by atoms with E-state index < -0.39 is 16.1 Å². The average Bonchev–Trinajstić information content (AvgIpc) is 1.78. The van der Waals surface area contributed by atoms with Crippen molar-refractivity contribution in [3.63, 3.8) is 0 Å². The summed E-state index contributed by atoms with van der Waals surface area (Å²) in [4.78, 5) is 0. The average molecular weight is 198 g/mol. The molecule has 0 unspecified atom stereocenters. The fourth-order valence-electron chi connectivity index (χ4n) is 1.12. The van der Waals surface area contributed by atoms with Crippen LogP contribution in [0.25, 0.3) is 0 Å². The highest BCUT2D eigenvalue weighted by Gasteiger charge is 2.24. The lowest BCUT2D eigenvalue weighted by Gasteiger charge is -2.25. The van der Waals surface area contributed by atoms with Gasteiger partial charge in [0, 0.05) is 8.07 Å². The van der Waals surface area contributed by atoms with E-state index in [4.69, 9.17) is 0 Å². The molecular formula is C10H22Si2. The minimum atomic E-state index is -1.12. The lowest BCUT2D eigenvalue weighted by Crippen LogP contribution is -2.30. The van der Waals surface area contributed by atoms with Crippen LogP contribution in [0, 0.1) is 0 Å². The van der Waals surface area contributed by atoms with Crippen molar-refractivity contribution < 1.29 is 0 Å². The predicted molar refractivity (Wildman–Crippen MR) is 64.2 cm³/mol. The Morgan fingerprint density at radius 2 is 1.50 bits per heavy atom. The molecule has 0 aliphatic heterocycles. The maximum absolute atomic E-state index is 3.81. The molecule has 0 aromatic heterocycles. The van der Waals surface area contributed by atoms with Crippen molar-refractivity contribution in [2.45, 2.75) is 45.3 Å². The van der Waals surface area contributed by atoms with Crippen LogP contribution in [0.15, 0.2) is 17.5 Å². The van der Waals surface area contributed by atoms with Crippen molar-refractivity contribution in [1.82, 2.24) is 0 Å². The Morgan fingerprint density at radius 1 is 1.08 bits per heavy atom. The van der Waals surface area contributed by atoms with Crippen LogP contribution in [0.2, 0.25) is 45.3 Å². The number of rotatable bonds is 3. The Morgan fingerprint density at radius 3 is 1.58 bits per heavy atom.